The van der Waals surface area contributed by atoms with Crippen molar-refractivity contribution in [2.75, 3.05) is 5.32 Å². The Balaban J connectivity index is 1.72. The highest BCUT2D eigenvalue weighted by molar-refractivity contribution is 7.80. The number of hydrogen-bond donors (Lipinski definition) is 3. The van der Waals surface area contributed by atoms with Crippen molar-refractivity contribution in [1.82, 2.24) is 15.8 Å². The quantitative estimate of drug-likeness (QED) is 0.363. The van der Waals surface area contributed by atoms with Gasteiger partial charge in [0.1, 0.15) is 5.58 Å². The molecule has 0 aliphatic heterocycles. The van der Waals surface area contributed by atoms with Gasteiger partial charge < -0.3 is 9.73 Å². The van der Waals surface area contributed by atoms with Crippen LogP contribution in [0.2, 0.25) is 0 Å². The van der Waals surface area contributed by atoms with E-state index in [1.54, 1.807) is 18.2 Å². The Hall–Kier alpha value is -3.26. The van der Waals surface area contributed by atoms with Crippen molar-refractivity contribution < 1.29 is 9.21 Å². The van der Waals surface area contributed by atoms with Crippen molar-refractivity contribution >= 4 is 39.9 Å². The van der Waals surface area contributed by atoms with E-state index in [0.717, 1.165) is 22.2 Å². The Morgan fingerprint density at radius 2 is 1.81 bits per heavy atom. The fourth-order valence-electron chi connectivity index (χ4n) is 2.44. The number of pyridine rings is 1. The molecule has 132 valence electrons. The Labute approximate surface area is 154 Å². The summed E-state index contributed by atoms with van der Waals surface area (Å²) in [6, 6.07) is 8.24. The van der Waals surface area contributed by atoms with Crippen LogP contribution in [0.5, 0.6) is 0 Å². The largest absolute Gasteiger partial charge is 0.423 e. The van der Waals surface area contributed by atoms with E-state index in [-0.39, 0.29) is 16.6 Å². The van der Waals surface area contributed by atoms with Crippen molar-refractivity contribution in [1.29, 1.82) is 0 Å². The number of anilines is 1. The van der Waals surface area contributed by atoms with Crippen LogP contribution in [-0.2, 0) is 0 Å². The van der Waals surface area contributed by atoms with Gasteiger partial charge in [0, 0.05) is 35.1 Å². The monoisotopic (exact) mass is 368 g/mol. The molecule has 7 nitrogen and oxygen atoms in total. The first-order valence-electron chi connectivity index (χ1n) is 7.76. The molecule has 2 aromatic heterocycles. The summed E-state index contributed by atoms with van der Waals surface area (Å²) in [5.74, 6) is -0.329. The summed E-state index contributed by atoms with van der Waals surface area (Å²) in [4.78, 5) is 27.3. The predicted octanol–water partition coefficient (Wildman–Crippen LogP) is 2.44. The van der Waals surface area contributed by atoms with Gasteiger partial charge >= 0.3 is 5.63 Å². The number of carbonyl (C=O) groups is 1. The number of benzene rings is 1. The van der Waals surface area contributed by atoms with Crippen molar-refractivity contribution in [2.45, 2.75) is 13.8 Å². The maximum Gasteiger partial charge on any atom is 0.336 e. The molecule has 0 saturated carbocycles. The molecule has 8 heteroatoms. The molecule has 2 heterocycles. The first kappa shape index (κ1) is 17.6. The zero-order valence-electron chi connectivity index (χ0n) is 14.1. The fourth-order valence-corrected chi connectivity index (χ4v) is 2.60. The summed E-state index contributed by atoms with van der Waals surface area (Å²) in [7, 11) is 0. The molecule has 0 bridgehead atoms. The second-order valence-electron chi connectivity index (χ2n) is 5.68. The molecule has 0 saturated heterocycles. The van der Waals surface area contributed by atoms with E-state index in [4.69, 9.17) is 16.6 Å². The Morgan fingerprint density at radius 3 is 2.54 bits per heavy atom. The van der Waals surface area contributed by atoms with Crippen LogP contribution in [0.25, 0.3) is 11.0 Å². The Morgan fingerprint density at radius 1 is 1.08 bits per heavy atom. The SMILES string of the molecule is Cc1cc2oc(=O)cc(C)c2cc1NC(=S)NNC(=O)c1ccncc1. The minimum atomic E-state index is -0.383. The predicted molar refractivity (Wildman–Crippen MR) is 103 cm³/mol. The number of nitrogens with one attached hydrogen (secondary N) is 3. The van der Waals surface area contributed by atoms with E-state index in [0.29, 0.717) is 11.1 Å². The lowest BCUT2D eigenvalue weighted by atomic mass is 10.1. The molecule has 1 amide bonds. The van der Waals surface area contributed by atoms with Gasteiger partial charge in [-0.1, -0.05) is 0 Å². The Kier molecular flexibility index (Phi) is 4.94. The van der Waals surface area contributed by atoms with E-state index >= 15 is 0 Å². The summed E-state index contributed by atoms with van der Waals surface area (Å²) >= 11 is 5.22. The summed E-state index contributed by atoms with van der Waals surface area (Å²) in [6.07, 6.45) is 3.06. The minimum Gasteiger partial charge on any atom is -0.423 e. The van der Waals surface area contributed by atoms with Crippen molar-refractivity contribution in [3.8, 4) is 0 Å². The molecule has 3 N–H and O–H groups in total. The van der Waals surface area contributed by atoms with Crippen LogP contribution in [0, 0.1) is 13.8 Å². The molecule has 0 radical (unpaired) electrons. The number of hydrogen-bond acceptors (Lipinski definition) is 5. The standard InChI is InChI=1S/C18H16N4O3S/c1-10-8-16(23)25-15-7-11(2)14(9-13(10)15)20-18(26)22-21-17(24)12-3-5-19-6-4-12/h3-9H,1-2H3,(H,21,24)(H2,20,22,26). The third-order valence-corrected chi connectivity index (χ3v) is 3.98. The zero-order chi connectivity index (χ0) is 18.7. The first-order chi connectivity index (χ1) is 12.4. The average Bonchev–Trinajstić information content (AvgIpc) is 2.61. The van der Waals surface area contributed by atoms with Gasteiger partial charge in [-0.3, -0.25) is 20.6 Å². The third kappa shape index (κ3) is 3.86. The highest BCUT2D eigenvalue weighted by Crippen LogP contribution is 2.24. The lowest BCUT2D eigenvalue weighted by Gasteiger charge is -2.14. The molecule has 0 aliphatic carbocycles. The van der Waals surface area contributed by atoms with Gasteiger partial charge in [0.2, 0.25) is 0 Å². The molecule has 0 unspecified atom stereocenters. The van der Waals surface area contributed by atoms with Crippen LogP contribution >= 0.6 is 12.2 Å². The molecule has 26 heavy (non-hydrogen) atoms. The van der Waals surface area contributed by atoms with Crippen LogP contribution in [-0.4, -0.2) is 16.0 Å². The zero-order valence-corrected chi connectivity index (χ0v) is 14.9. The van der Waals surface area contributed by atoms with Crippen LogP contribution in [0.15, 0.2) is 51.9 Å². The number of hydrazine groups is 1. The summed E-state index contributed by atoms with van der Waals surface area (Å²) < 4.78 is 5.22. The van der Waals surface area contributed by atoms with Crippen molar-refractivity contribution in [3.63, 3.8) is 0 Å². The molecule has 3 rings (SSSR count). The third-order valence-electron chi connectivity index (χ3n) is 3.78. The number of rotatable bonds is 2. The molecular weight excluding hydrogens is 352 g/mol. The van der Waals surface area contributed by atoms with Gasteiger partial charge in [0.05, 0.1) is 0 Å². The number of amides is 1. The van der Waals surface area contributed by atoms with E-state index in [1.807, 2.05) is 19.9 Å². The Bertz CT molecular complexity index is 1050. The highest BCUT2D eigenvalue weighted by Gasteiger charge is 2.09. The summed E-state index contributed by atoms with van der Waals surface area (Å²) in [5, 5.41) is 4.06. The number of carbonyl (C=O) groups excluding carboxylic acids is 1. The van der Waals surface area contributed by atoms with Crippen LogP contribution in [0.4, 0.5) is 5.69 Å². The van der Waals surface area contributed by atoms with Gasteiger partial charge in [0.25, 0.3) is 5.91 Å². The minimum absolute atomic E-state index is 0.227. The van der Waals surface area contributed by atoms with Gasteiger partial charge in [0.15, 0.2) is 5.11 Å². The molecule has 3 aromatic rings. The van der Waals surface area contributed by atoms with E-state index in [1.165, 1.54) is 18.5 Å². The number of aromatic nitrogens is 1. The lowest BCUT2D eigenvalue weighted by Crippen LogP contribution is -2.43. The van der Waals surface area contributed by atoms with E-state index in [2.05, 4.69) is 21.2 Å². The topological polar surface area (TPSA) is 96.3 Å². The second-order valence-corrected chi connectivity index (χ2v) is 6.09. The van der Waals surface area contributed by atoms with Gasteiger partial charge in [-0.2, -0.15) is 0 Å². The molecule has 1 aromatic carbocycles. The number of aryl methyl sites for hydroxylation is 2. The number of nitrogens with zero attached hydrogens (tertiary/aromatic N) is 1. The maximum absolute atomic E-state index is 12.0. The van der Waals surface area contributed by atoms with Gasteiger partial charge in [-0.05, 0) is 61.5 Å². The maximum atomic E-state index is 12.0. The molecule has 0 spiro atoms. The van der Waals surface area contributed by atoms with Crippen LogP contribution in [0.1, 0.15) is 21.5 Å². The lowest BCUT2D eigenvalue weighted by molar-refractivity contribution is 0.0944. The van der Waals surface area contributed by atoms with E-state index in [9.17, 15) is 9.59 Å². The smallest absolute Gasteiger partial charge is 0.336 e. The van der Waals surface area contributed by atoms with Crippen LogP contribution < -0.4 is 21.8 Å². The summed E-state index contributed by atoms with van der Waals surface area (Å²) in [5.41, 5.74) is 8.16. The van der Waals surface area contributed by atoms with Crippen molar-refractivity contribution in [2.24, 2.45) is 0 Å². The van der Waals surface area contributed by atoms with Crippen LogP contribution in [0.3, 0.4) is 0 Å². The molecular formula is C18H16N4O3S. The van der Waals surface area contributed by atoms with E-state index < -0.39 is 0 Å². The van der Waals surface area contributed by atoms with Crippen molar-refractivity contribution in [3.05, 3.63) is 69.8 Å². The summed E-state index contributed by atoms with van der Waals surface area (Å²) in [6.45, 7) is 3.70. The normalized spacial score (nSPS) is 10.4. The first-order valence-corrected chi connectivity index (χ1v) is 8.17. The molecule has 0 aliphatic rings. The second kappa shape index (κ2) is 7.32. The average molecular weight is 368 g/mol. The number of fused-ring (bicyclic) bond motifs is 1. The van der Waals surface area contributed by atoms with Gasteiger partial charge in [-0.25, -0.2) is 4.79 Å². The fraction of sp³-hybridized carbons (Fsp3) is 0.111. The number of thiocarbonyl (C=S) groups is 1. The van der Waals surface area contributed by atoms with Gasteiger partial charge in [-0.15, -0.1) is 0 Å². The molecule has 0 fully saturated rings. The highest BCUT2D eigenvalue weighted by atomic mass is 32.1. The molecule has 0 atom stereocenters.